The Morgan fingerprint density at radius 1 is 1.53 bits per heavy atom. The molecule has 0 aromatic heterocycles. The Balaban J connectivity index is 2.32. The molecule has 0 spiro atoms. The van der Waals surface area contributed by atoms with Crippen LogP contribution in [0.1, 0.15) is 23.2 Å². The van der Waals surface area contributed by atoms with Crippen LogP contribution >= 0.6 is 23.4 Å². The Labute approximate surface area is 97.0 Å². The summed E-state index contributed by atoms with van der Waals surface area (Å²) in [6.45, 7) is 0. The minimum atomic E-state index is -0.514. The molecule has 1 aliphatic heterocycles. The highest BCUT2D eigenvalue weighted by Gasteiger charge is 2.27. The average Bonchev–Trinajstić information content (AvgIpc) is 2.69. The summed E-state index contributed by atoms with van der Waals surface area (Å²) in [6, 6.07) is 4.34. The van der Waals surface area contributed by atoms with Crippen LogP contribution in [0.25, 0.3) is 0 Å². The number of carbonyl (C=O) groups excluding carboxylic acids is 1. The summed E-state index contributed by atoms with van der Waals surface area (Å²) in [7, 11) is 0. The van der Waals surface area contributed by atoms with Gasteiger partial charge < -0.3 is 0 Å². The summed E-state index contributed by atoms with van der Waals surface area (Å²) in [5.41, 5.74) is 0.0542. The van der Waals surface area contributed by atoms with Gasteiger partial charge in [-0.1, -0.05) is 17.7 Å². The molecule has 0 saturated carbocycles. The SMILES string of the molecule is O=C(c1c(F)cccc1Cl)C1CCCS1. The van der Waals surface area contributed by atoms with Crippen LogP contribution in [0.5, 0.6) is 0 Å². The van der Waals surface area contributed by atoms with Gasteiger partial charge in [-0.05, 0) is 30.7 Å². The van der Waals surface area contributed by atoms with Crippen LogP contribution < -0.4 is 0 Å². The predicted octanol–water partition coefficient (Wildman–Crippen LogP) is 3.56. The first-order valence-corrected chi connectivity index (χ1v) is 6.22. The standard InChI is InChI=1S/C11H10ClFOS/c12-7-3-1-4-8(13)10(7)11(14)9-5-2-6-15-9/h1,3-4,9H,2,5-6H2. The zero-order valence-corrected chi connectivity index (χ0v) is 9.58. The van der Waals surface area contributed by atoms with E-state index in [1.165, 1.54) is 12.1 Å². The second kappa shape index (κ2) is 4.54. The largest absolute Gasteiger partial charge is 0.293 e. The molecule has 1 aromatic carbocycles. The molecule has 1 atom stereocenters. The third-order valence-corrected chi connectivity index (χ3v) is 4.12. The number of hydrogen-bond donors (Lipinski definition) is 0. The molecule has 80 valence electrons. The highest BCUT2D eigenvalue weighted by Crippen LogP contribution is 2.31. The van der Waals surface area contributed by atoms with E-state index in [0.717, 1.165) is 18.6 Å². The second-order valence-corrected chi connectivity index (χ2v) is 5.18. The molecule has 1 fully saturated rings. The molecule has 0 N–H and O–H groups in total. The van der Waals surface area contributed by atoms with E-state index in [2.05, 4.69) is 0 Å². The molecule has 15 heavy (non-hydrogen) atoms. The van der Waals surface area contributed by atoms with Crippen molar-refractivity contribution in [1.82, 2.24) is 0 Å². The van der Waals surface area contributed by atoms with Crippen LogP contribution in [0.4, 0.5) is 4.39 Å². The predicted molar refractivity (Wildman–Crippen MR) is 61.2 cm³/mol. The van der Waals surface area contributed by atoms with Gasteiger partial charge in [0.15, 0.2) is 5.78 Å². The van der Waals surface area contributed by atoms with Gasteiger partial charge in [0.05, 0.1) is 15.8 Å². The fourth-order valence-corrected chi connectivity index (χ4v) is 3.16. The summed E-state index contributed by atoms with van der Waals surface area (Å²) in [5.74, 6) is 0.295. The van der Waals surface area contributed by atoms with Crippen LogP contribution in [0.15, 0.2) is 18.2 Å². The van der Waals surface area contributed by atoms with Crippen molar-refractivity contribution >= 4 is 29.1 Å². The number of ketones is 1. The Morgan fingerprint density at radius 2 is 2.33 bits per heavy atom. The number of Topliss-reactive ketones (excluding diaryl/α,β-unsaturated/α-hetero) is 1. The highest BCUT2D eigenvalue weighted by molar-refractivity contribution is 8.00. The number of hydrogen-bond acceptors (Lipinski definition) is 2. The van der Waals surface area contributed by atoms with E-state index in [1.807, 2.05) is 0 Å². The lowest BCUT2D eigenvalue weighted by molar-refractivity contribution is 0.0985. The van der Waals surface area contributed by atoms with Gasteiger partial charge in [0.2, 0.25) is 0 Å². The van der Waals surface area contributed by atoms with E-state index in [1.54, 1.807) is 17.8 Å². The van der Waals surface area contributed by atoms with Crippen molar-refractivity contribution in [2.75, 3.05) is 5.75 Å². The molecule has 0 aliphatic carbocycles. The van der Waals surface area contributed by atoms with Gasteiger partial charge in [0, 0.05) is 0 Å². The fraction of sp³-hybridized carbons (Fsp3) is 0.364. The molecular formula is C11H10ClFOS. The average molecular weight is 245 g/mol. The molecular weight excluding hydrogens is 235 g/mol. The third kappa shape index (κ3) is 2.18. The molecule has 1 heterocycles. The molecule has 1 unspecified atom stereocenters. The van der Waals surface area contributed by atoms with Gasteiger partial charge >= 0.3 is 0 Å². The van der Waals surface area contributed by atoms with Crippen LogP contribution in [-0.2, 0) is 0 Å². The van der Waals surface area contributed by atoms with Crippen molar-refractivity contribution in [3.8, 4) is 0 Å². The summed E-state index contributed by atoms with van der Waals surface area (Å²) in [4.78, 5) is 11.9. The van der Waals surface area contributed by atoms with Crippen molar-refractivity contribution in [2.45, 2.75) is 18.1 Å². The van der Waals surface area contributed by atoms with Gasteiger partial charge in [-0.3, -0.25) is 4.79 Å². The fourth-order valence-electron chi connectivity index (χ4n) is 1.68. The van der Waals surface area contributed by atoms with Crippen molar-refractivity contribution in [3.63, 3.8) is 0 Å². The molecule has 1 aromatic rings. The first-order valence-electron chi connectivity index (χ1n) is 4.80. The van der Waals surface area contributed by atoms with Crippen LogP contribution in [0, 0.1) is 5.82 Å². The van der Waals surface area contributed by atoms with Gasteiger partial charge in [-0.2, -0.15) is 11.8 Å². The Kier molecular flexibility index (Phi) is 3.32. The first kappa shape index (κ1) is 11.0. The number of rotatable bonds is 2. The molecule has 0 bridgehead atoms. The molecule has 0 amide bonds. The van der Waals surface area contributed by atoms with Crippen molar-refractivity contribution < 1.29 is 9.18 Å². The Bertz CT molecular complexity index is 368. The van der Waals surface area contributed by atoms with Gasteiger partial charge in [0.25, 0.3) is 0 Å². The summed E-state index contributed by atoms with van der Waals surface area (Å²) in [6.07, 6.45) is 1.85. The molecule has 1 aliphatic rings. The van der Waals surface area contributed by atoms with E-state index in [0.29, 0.717) is 0 Å². The third-order valence-electron chi connectivity index (χ3n) is 2.43. The first-order chi connectivity index (χ1) is 7.20. The van der Waals surface area contributed by atoms with Crippen LogP contribution in [0.3, 0.4) is 0 Å². The monoisotopic (exact) mass is 244 g/mol. The minimum Gasteiger partial charge on any atom is -0.293 e. The maximum atomic E-state index is 13.4. The smallest absolute Gasteiger partial charge is 0.180 e. The Morgan fingerprint density at radius 3 is 2.93 bits per heavy atom. The number of benzene rings is 1. The zero-order valence-electron chi connectivity index (χ0n) is 8.00. The molecule has 2 rings (SSSR count). The molecule has 1 saturated heterocycles. The summed E-state index contributed by atoms with van der Waals surface area (Å²) >= 11 is 7.42. The van der Waals surface area contributed by atoms with Crippen molar-refractivity contribution in [3.05, 3.63) is 34.6 Å². The highest BCUT2D eigenvalue weighted by atomic mass is 35.5. The lowest BCUT2D eigenvalue weighted by Crippen LogP contribution is -2.16. The number of carbonyl (C=O) groups is 1. The van der Waals surface area contributed by atoms with E-state index in [4.69, 9.17) is 11.6 Å². The quantitative estimate of drug-likeness (QED) is 0.740. The molecule has 1 nitrogen and oxygen atoms in total. The zero-order chi connectivity index (χ0) is 10.8. The van der Waals surface area contributed by atoms with Crippen molar-refractivity contribution in [2.24, 2.45) is 0 Å². The molecule has 4 heteroatoms. The lowest BCUT2D eigenvalue weighted by atomic mass is 10.0. The van der Waals surface area contributed by atoms with Gasteiger partial charge in [-0.25, -0.2) is 4.39 Å². The normalized spacial score (nSPS) is 20.5. The lowest BCUT2D eigenvalue weighted by Gasteiger charge is -2.09. The van der Waals surface area contributed by atoms with Crippen LogP contribution in [0.2, 0.25) is 5.02 Å². The molecule has 0 radical (unpaired) electrons. The maximum Gasteiger partial charge on any atom is 0.180 e. The van der Waals surface area contributed by atoms with Gasteiger partial charge in [0.1, 0.15) is 5.82 Å². The summed E-state index contributed by atoms with van der Waals surface area (Å²) in [5, 5.41) is 0.104. The van der Waals surface area contributed by atoms with E-state index in [9.17, 15) is 9.18 Å². The second-order valence-electron chi connectivity index (χ2n) is 3.46. The Hall–Kier alpha value is -0.540. The van der Waals surface area contributed by atoms with Gasteiger partial charge in [-0.15, -0.1) is 0 Å². The van der Waals surface area contributed by atoms with E-state index in [-0.39, 0.29) is 21.6 Å². The van der Waals surface area contributed by atoms with Crippen LogP contribution in [-0.4, -0.2) is 16.8 Å². The minimum absolute atomic E-state index is 0.0542. The maximum absolute atomic E-state index is 13.4. The number of halogens is 2. The van der Waals surface area contributed by atoms with E-state index < -0.39 is 5.82 Å². The topological polar surface area (TPSA) is 17.1 Å². The summed E-state index contributed by atoms with van der Waals surface area (Å²) < 4.78 is 13.4. The van der Waals surface area contributed by atoms with Crippen molar-refractivity contribution in [1.29, 1.82) is 0 Å². The number of thioether (sulfide) groups is 1. The van der Waals surface area contributed by atoms with E-state index >= 15 is 0 Å².